The zero-order valence-corrected chi connectivity index (χ0v) is 12.8. The highest BCUT2D eigenvalue weighted by Gasteiger charge is 2.31. The van der Waals surface area contributed by atoms with E-state index < -0.39 is 0 Å². The number of amides is 1. The molecule has 5 heteroatoms. The van der Waals surface area contributed by atoms with Crippen LogP contribution in [-0.4, -0.2) is 41.7 Å². The van der Waals surface area contributed by atoms with Crippen molar-refractivity contribution in [2.24, 2.45) is 5.92 Å². The van der Waals surface area contributed by atoms with Gasteiger partial charge in [0.1, 0.15) is 5.82 Å². The molecule has 21 heavy (non-hydrogen) atoms. The van der Waals surface area contributed by atoms with Crippen LogP contribution in [0.1, 0.15) is 25.3 Å². The molecule has 1 aliphatic rings. The fraction of sp³-hybridized carbons (Fsp3) is 0.562. The van der Waals surface area contributed by atoms with E-state index in [-0.39, 0.29) is 23.9 Å². The van der Waals surface area contributed by atoms with Gasteiger partial charge in [-0.05, 0) is 57.4 Å². The van der Waals surface area contributed by atoms with Crippen molar-refractivity contribution in [2.75, 3.05) is 18.9 Å². The maximum absolute atomic E-state index is 13.2. The summed E-state index contributed by atoms with van der Waals surface area (Å²) in [4.78, 5) is 14.1. The molecule has 1 amide bonds. The maximum atomic E-state index is 13.2. The van der Waals surface area contributed by atoms with Crippen LogP contribution >= 0.6 is 0 Å². The van der Waals surface area contributed by atoms with Crippen LogP contribution < -0.4 is 5.32 Å². The van der Waals surface area contributed by atoms with Gasteiger partial charge in [0.2, 0.25) is 5.91 Å². The minimum Gasteiger partial charge on any atom is -0.392 e. The first-order valence-corrected chi connectivity index (χ1v) is 7.34. The lowest BCUT2D eigenvalue weighted by atomic mass is 10.1. The number of rotatable bonds is 6. The van der Waals surface area contributed by atoms with Crippen LogP contribution in [0.25, 0.3) is 0 Å². The summed E-state index contributed by atoms with van der Waals surface area (Å²) in [6.07, 6.45) is 1.76. The van der Waals surface area contributed by atoms with Crippen LogP contribution in [0.2, 0.25) is 0 Å². The second-order valence-corrected chi connectivity index (χ2v) is 5.97. The molecule has 0 spiro atoms. The molecule has 0 radical (unpaired) electrons. The van der Waals surface area contributed by atoms with Crippen molar-refractivity contribution in [3.63, 3.8) is 0 Å². The van der Waals surface area contributed by atoms with Crippen LogP contribution in [0.15, 0.2) is 18.2 Å². The normalized spacial score (nSPS) is 17.6. The van der Waals surface area contributed by atoms with Gasteiger partial charge in [0, 0.05) is 12.2 Å². The lowest BCUT2D eigenvalue weighted by Gasteiger charge is -2.26. The number of hydrogen-bond donors (Lipinski definition) is 2. The summed E-state index contributed by atoms with van der Waals surface area (Å²) in [5.74, 6) is -0.191. The van der Waals surface area contributed by atoms with E-state index in [0.717, 1.165) is 18.4 Å². The van der Waals surface area contributed by atoms with Crippen molar-refractivity contribution in [3.8, 4) is 0 Å². The Morgan fingerprint density at radius 3 is 2.81 bits per heavy atom. The zero-order chi connectivity index (χ0) is 15.6. The maximum Gasteiger partial charge on any atom is 0.241 e. The fourth-order valence-electron chi connectivity index (χ4n) is 2.25. The smallest absolute Gasteiger partial charge is 0.241 e. The molecule has 2 N–H and O–H groups in total. The molecule has 0 aliphatic heterocycles. The molecule has 2 unspecified atom stereocenters. The highest BCUT2D eigenvalue weighted by Crippen LogP contribution is 2.32. The number of aliphatic hydroxyl groups is 1. The van der Waals surface area contributed by atoms with Gasteiger partial charge in [0.25, 0.3) is 0 Å². The van der Waals surface area contributed by atoms with E-state index in [4.69, 9.17) is 0 Å². The average molecular weight is 294 g/mol. The van der Waals surface area contributed by atoms with E-state index in [1.807, 2.05) is 18.9 Å². The second-order valence-electron chi connectivity index (χ2n) is 5.97. The third-order valence-electron chi connectivity index (χ3n) is 4.14. The highest BCUT2D eigenvalue weighted by atomic mass is 19.1. The Hall–Kier alpha value is -1.46. The Morgan fingerprint density at radius 2 is 2.19 bits per heavy atom. The first-order chi connectivity index (χ1) is 9.88. The third-order valence-corrected chi connectivity index (χ3v) is 4.14. The van der Waals surface area contributed by atoms with Crippen LogP contribution in [0.4, 0.5) is 10.1 Å². The van der Waals surface area contributed by atoms with Gasteiger partial charge in [-0.3, -0.25) is 9.69 Å². The number of carbonyl (C=O) groups is 1. The van der Waals surface area contributed by atoms with Crippen molar-refractivity contribution in [1.82, 2.24) is 4.90 Å². The Kier molecular flexibility index (Phi) is 4.96. The van der Waals surface area contributed by atoms with E-state index in [1.54, 1.807) is 13.0 Å². The van der Waals surface area contributed by atoms with Gasteiger partial charge in [-0.25, -0.2) is 4.39 Å². The van der Waals surface area contributed by atoms with Crippen molar-refractivity contribution in [3.05, 3.63) is 29.6 Å². The largest absolute Gasteiger partial charge is 0.392 e. The molecular weight excluding hydrogens is 271 g/mol. The molecule has 0 bridgehead atoms. The number of hydrogen-bond acceptors (Lipinski definition) is 3. The third kappa shape index (κ3) is 4.25. The van der Waals surface area contributed by atoms with Crippen LogP contribution in [-0.2, 0) is 4.79 Å². The summed E-state index contributed by atoms with van der Waals surface area (Å²) in [6, 6.07) is 3.93. The fourth-order valence-corrected chi connectivity index (χ4v) is 2.25. The molecule has 2 rings (SSSR count). The number of aliphatic hydroxyl groups excluding tert-OH is 1. The van der Waals surface area contributed by atoms with Crippen LogP contribution in [0, 0.1) is 18.7 Å². The molecule has 0 saturated heterocycles. The van der Waals surface area contributed by atoms with Crippen molar-refractivity contribution < 1.29 is 14.3 Å². The summed E-state index contributed by atoms with van der Waals surface area (Å²) >= 11 is 0. The van der Waals surface area contributed by atoms with Crippen molar-refractivity contribution >= 4 is 11.6 Å². The second kappa shape index (κ2) is 6.54. The van der Waals surface area contributed by atoms with Gasteiger partial charge in [-0.2, -0.15) is 0 Å². The molecule has 116 valence electrons. The summed E-state index contributed by atoms with van der Waals surface area (Å²) in [7, 11) is 1.81. The quantitative estimate of drug-likeness (QED) is 0.845. The topological polar surface area (TPSA) is 52.6 Å². The Morgan fingerprint density at radius 1 is 1.52 bits per heavy atom. The van der Waals surface area contributed by atoms with Gasteiger partial charge in [0.05, 0.1) is 12.1 Å². The number of nitrogens with zero attached hydrogens (tertiary/aromatic N) is 1. The van der Waals surface area contributed by atoms with Crippen molar-refractivity contribution in [1.29, 1.82) is 0 Å². The molecule has 1 saturated carbocycles. The summed E-state index contributed by atoms with van der Waals surface area (Å²) in [5.41, 5.74) is 1.31. The summed E-state index contributed by atoms with van der Waals surface area (Å²) in [6.45, 7) is 4.07. The Bertz CT molecular complexity index is 517. The number of anilines is 1. The first kappa shape index (κ1) is 15.9. The van der Waals surface area contributed by atoms with E-state index >= 15 is 0 Å². The van der Waals surface area contributed by atoms with E-state index in [0.29, 0.717) is 18.2 Å². The molecule has 0 heterocycles. The van der Waals surface area contributed by atoms with E-state index in [2.05, 4.69) is 5.32 Å². The monoisotopic (exact) mass is 294 g/mol. The zero-order valence-electron chi connectivity index (χ0n) is 12.8. The number of benzene rings is 1. The minimum atomic E-state index is -0.388. The van der Waals surface area contributed by atoms with Gasteiger partial charge in [0.15, 0.2) is 0 Å². The molecule has 1 aliphatic carbocycles. The standard InChI is InChI=1S/C16H23FN2O2/c1-10-4-7-13(17)8-14(10)18-16(21)11(2)19(3)9-15(20)12-5-6-12/h4,7-8,11-12,15,20H,5-6,9H2,1-3H3,(H,18,21). The molecular formula is C16H23FN2O2. The molecule has 1 aromatic carbocycles. The van der Waals surface area contributed by atoms with Crippen molar-refractivity contribution in [2.45, 2.75) is 38.8 Å². The number of halogens is 1. The number of likely N-dealkylation sites (N-methyl/N-ethyl adjacent to an activating group) is 1. The summed E-state index contributed by atoms with van der Waals surface area (Å²) < 4.78 is 13.2. The van der Waals surface area contributed by atoms with Gasteiger partial charge in [-0.15, -0.1) is 0 Å². The first-order valence-electron chi connectivity index (χ1n) is 7.34. The lowest BCUT2D eigenvalue weighted by molar-refractivity contribution is -0.120. The lowest BCUT2D eigenvalue weighted by Crippen LogP contribution is -2.43. The predicted molar refractivity (Wildman–Crippen MR) is 80.6 cm³/mol. The SMILES string of the molecule is Cc1ccc(F)cc1NC(=O)C(C)N(C)CC(O)C1CC1. The Labute approximate surface area is 125 Å². The van der Waals surface area contributed by atoms with E-state index in [9.17, 15) is 14.3 Å². The van der Waals surface area contributed by atoms with E-state index in [1.165, 1.54) is 12.1 Å². The average Bonchev–Trinajstić information content (AvgIpc) is 3.26. The molecule has 1 aromatic rings. The number of aryl methyl sites for hydroxylation is 1. The molecule has 2 atom stereocenters. The number of nitrogens with one attached hydrogen (secondary N) is 1. The number of carbonyl (C=O) groups excluding carboxylic acids is 1. The van der Waals surface area contributed by atoms with Gasteiger partial charge < -0.3 is 10.4 Å². The van der Waals surface area contributed by atoms with Gasteiger partial charge >= 0.3 is 0 Å². The van der Waals surface area contributed by atoms with Crippen LogP contribution in [0.5, 0.6) is 0 Å². The summed E-state index contributed by atoms with van der Waals surface area (Å²) in [5, 5.41) is 12.7. The van der Waals surface area contributed by atoms with Crippen LogP contribution in [0.3, 0.4) is 0 Å². The minimum absolute atomic E-state index is 0.200. The Balaban J connectivity index is 1.93. The highest BCUT2D eigenvalue weighted by molar-refractivity contribution is 5.95. The molecule has 1 fully saturated rings. The predicted octanol–water partition coefficient (Wildman–Crippen LogP) is 2.16. The molecule has 4 nitrogen and oxygen atoms in total. The molecule has 0 aromatic heterocycles. The van der Waals surface area contributed by atoms with Gasteiger partial charge in [-0.1, -0.05) is 6.07 Å².